The van der Waals surface area contributed by atoms with Crippen molar-refractivity contribution in [1.29, 1.82) is 0 Å². The molecule has 0 radical (unpaired) electrons. The summed E-state index contributed by atoms with van der Waals surface area (Å²) in [6.45, 7) is 1.74. The second kappa shape index (κ2) is 7.20. The molecule has 3 rings (SSSR count). The topological polar surface area (TPSA) is 41.1 Å². The van der Waals surface area contributed by atoms with E-state index < -0.39 is 0 Å². The summed E-state index contributed by atoms with van der Waals surface area (Å²) in [7, 11) is 0. The summed E-state index contributed by atoms with van der Waals surface area (Å²) in [5.41, 5.74) is 3.20. The molecule has 0 atom stereocenters. The number of rotatable bonds is 3. The molecule has 2 aromatic rings. The molecule has 1 aliphatic rings. The minimum Gasteiger partial charge on any atom is -0.321 e. The van der Waals surface area contributed by atoms with Gasteiger partial charge in [-0.25, -0.2) is 4.39 Å². The van der Waals surface area contributed by atoms with E-state index >= 15 is 0 Å². The molecular weight excluding hydrogens is 291 g/mol. The highest BCUT2D eigenvalue weighted by molar-refractivity contribution is 5.99. The van der Waals surface area contributed by atoms with E-state index in [2.05, 4.69) is 10.6 Å². The minimum absolute atomic E-state index is 0.170. The standard InChI is InChI=1S/C19H19FN2O/c20-17-8-4-7-16(13-17)18(14-9-11-21-12-10-14)22-19(23)15-5-2-1-3-6-15/h1-8,13,21H,9-12H2,(H,22,23). The van der Waals surface area contributed by atoms with Crippen LogP contribution >= 0.6 is 0 Å². The molecule has 2 aromatic carbocycles. The Kier molecular flexibility index (Phi) is 4.83. The number of benzene rings is 2. The normalized spacial score (nSPS) is 14.4. The van der Waals surface area contributed by atoms with Crippen molar-refractivity contribution in [1.82, 2.24) is 10.6 Å². The van der Waals surface area contributed by atoms with Crippen molar-refractivity contribution >= 4 is 11.6 Å². The third kappa shape index (κ3) is 3.85. The van der Waals surface area contributed by atoms with Gasteiger partial charge in [0.15, 0.2) is 0 Å². The van der Waals surface area contributed by atoms with E-state index in [1.54, 1.807) is 18.2 Å². The Balaban J connectivity index is 1.94. The number of nitrogens with one attached hydrogen (secondary N) is 2. The predicted octanol–water partition coefficient (Wildman–Crippen LogP) is 3.35. The molecule has 23 heavy (non-hydrogen) atoms. The van der Waals surface area contributed by atoms with Gasteiger partial charge in [-0.3, -0.25) is 4.79 Å². The summed E-state index contributed by atoms with van der Waals surface area (Å²) in [5, 5.41) is 6.29. The van der Waals surface area contributed by atoms with E-state index in [4.69, 9.17) is 0 Å². The number of halogens is 1. The largest absolute Gasteiger partial charge is 0.321 e. The predicted molar refractivity (Wildman–Crippen MR) is 89.3 cm³/mol. The van der Waals surface area contributed by atoms with Gasteiger partial charge < -0.3 is 10.6 Å². The van der Waals surface area contributed by atoms with Crippen LogP contribution in [0.1, 0.15) is 28.8 Å². The van der Waals surface area contributed by atoms with Gasteiger partial charge in [-0.2, -0.15) is 0 Å². The van der Waals surface area contributed by atoms with Gasteiger partial charge in [0.1, 0.15) is 5.82 Å². The van der Waals surface area contributed by atoms with Crippen molar-refractivity contribution in [3.63, 3.8) is 0 Å². The van der Waals surface area contributed by atoms with Crippen LogP contribution in [0.2, 0.25) is 0 Å². The van der Waals surface area contributed by atoms with Crippen molar-refractivity contribution in [2.75, 3.05) is 13.1 Å². The van der Waals surface area contributed by atoms with Crippen LogP contribution in [0.25, 0.3) is 5.70 Å². The molecule has 1 amide bonds. The molecular formula is C19H19FN2O. The third-order valence-electron chi connectivity index (χ3n) is 3.95. The van der Waals surface area contributed by atoms with Gasteiger partial charge in [0, 0.05) is 16.8 Å². The molecule has 2 N–H and O–H groups in total. The van der Waals surface area contributed by atoms with Crippen LogP contribution in [0.5, 0.6) is 0 Å². The molecule has 0 unspecified atom stereocenters. The van der Waals surface area contributed by atoms with Gasteiger partial charge in [0.05, 0.1) is 0 Å². The van der Waals surface area contributed by atoms with E-state index in [1.165, 1.54) is 12.1 Å². The quantitative estimate of drug-likeness (QED) is 0.913. The van der Waals surface area contributed by atoms with Crippen LogP contribution in [-0.2, 0) is 0 Å². The van der Waals surface area contributed by atoms with Crippen LogP contribution in [0, 0.1) is 5.82 Å². The Bertz CT molecular complexity index is 717. The maximum absolute atomic E-state index is 13.6. The third-order valence-corrected chi connectivity index (χ3v) is 3.95. The van der Waals surface area contributed by atoms with E-state index in [1.807, 2.05) is 24.3 Å². The van der Waals surface area contributed by atoms with Crippen molar-refractivity contribution in [2.24, 2.45) is 0 Å². The first kappa shape index (κ1) is 15.4. The summed E-state index contributed by atoms with van der Waals surface area (Å²) in [6, 6.07) is 15.4. The Labute approximate surface area is 135 Å². The maximum atomic E-state index is 13.6. The maximum Gasteiger partial charge on any atom is 0.255 e. The Morgan fingerprint density at radius 2 is 1.65 bits per heavy atom. The van der Waals surface area contributed by atoms with Crippen LogP contribution < -0.4 is 10.6 Å². The van der Waals surface area contributed by atoms with Crippen molar-refractivity contribution in [3.05, 3.63) is 77.1 Å². The fraction of sp³-hybridized carbons (Fsp3) is 0.211. The summed E-state index contributed by atoms with van der Waals surface area (Å²) < 4.78 is 13.6. The van der Waals surface area contributed by atoms with Crippen LogP contribution in [0.15, 0.2) is 60.2 Å². The smallest absolute Gasteiger partial charge is 0.255 e. The summed E-state index contributed by atoms with van der Waals surface area (Å²) in [4.78, 5) is 12.5. The second-order valence-corrected chi connectivity index (χ2v) is 5.56. The highest BCUT2D eigenvalue weighted by Crippen LogP contribution is 2.23. The van der Waals surface area contributed by atoms with Crippen LogP contribution in [-0.4, -0.2) is 19.0 Å². The van der Waals surface area contributed by atoms with Gasteiger partial charge in [0.25, 0.3) is 5.91 Å². The lowest BCUT2D eigenvalue weighted by atomic mass is 9.98. The monoisotopic (exact) mass is 310 g/mol. The van der Waals surface area contributed by atoms with Crippen molar-refractivity contribution in [2.45, 2.75) is 12.8 Å². The zero-order valence-electron chi connectivity index (χ0n) is 12.8. The van der Waals surface area contributed by atoms with Gasteiger partial charge in [0.2, 0.25) is 0 Å². The molecule has 1 aliphatic heterocycles. The highest BCUT2D eigenvalue weighted by atomic mass is 19.1. The average Bonchev–Trinajstić information content (AvgIpc) is 2.61. The molecule has 0 spiro atoms. The zero-order valence-corrected chi connectivity index (χ0v) is 12.8. The zero-order chi connectivity index (χ0) is 16.1. The summed E-state index contributed by atoms with van der Waals surface area (Å²) in [6.07, 6.45) is 1.70. The van der Waals surface area contributed by atoms with E-state index in [0.29, 0.717) is 11.1 Å². The lowest BCUT2D eigenvalue weighted by Crippen LogP contribution is -2.28. The molecule has 0 saturated carbocycles. The van der Waals surface area contributed by atoms with Gasteiger partial charge >= 0.3 is 0 Å². The first-order chi connectivity index (χ1) is 11.2. The molecule has 4 heteroatoms. The molecule has 0 aliphatic carbocycles. The number of carbonyl (C=O) groups is 1. The van der Waals surface area contributed by atoms with E-state index in [0.717, 1.165) is 37.2 Å². The fourth-order valence-corrected chi connectivity index (χ4v) is 2.76. The molecule has 0 bridgehead atoms. The lowest BCUT2D eigenvalue weighted by Gasteiger charge is -2.21. The van der Waals surface area contributed by atoms with E-state index in [9.17, 15) is 9.18 Å². The van der Waals surface area contributed by atoms with Crippen LogP contribution in [0.3, 0.4) is 0 Å². The molecule has 1 saturated heterocycles. The number of carbonyl (C=O) groups excluding carboxylic acids is 1. The Morgan fingerprint density at radius 1 is 0.957 bits per heavy atom. The summed E-state index contributed by atoms with van der Waals surface area (Å²) in [5.74, 6) is -0.473. The van der Waals surface area contributed by atoms with Crippen LogP contribution in [0.4, 0.5) is 4.39 Å². The SMILES string of the molecule is O=C(NC(=C1CCNCC1)c1cccc(F)c1)c1ccccc1. The number of hydrogen-bond donors (Lipinski definition) is 2. The Hall–Kier alpha value is -2.46. The molecule has 1 heterocycles. The number of amides is 1. The van der Waals surface area contributed by atoms with E-state index in [-0.39, 0.29) is 11.7 Å². The molecule has 3 nitrogen and oxygen atoms in total. The second-order valence-electron chi connectivity index (χ2n) is 5.56. The van der Waals surface area contributed by atoms with Gasteiger partial charge in [-0.05, 0) is 55.8 Å². The average molecular weight is 310 g/mol. The molecule has 118 valence electrons. The first-order valence-corrected chi connectivity index (χ1v) is 7.79. The lowest BCUT2D eigenvalue weighted by molar-refractivity contribution is 0.0973. The number of piperidine rings is 1. The highest BCUT2D eigenvalue weighted by Gasteiger charge is 2.16. The number of hydrogen-bond acceptors (Lipinski definition) is 2. The van der Waals surface area contributed by atoms with Crippen molar-refractivity contribution < 1.29 is 9.18 Å². The molecule has 1 fully saturated rings. The molecule has 0 aromatic heterocycles. The van der Waals surface area contributed by atoms with Gasteiger partial charge in [-0.15, -0.1) is 0 Å². The van der Waals surface area contributed by atoms with Gasteiger partial charge in [-0.1, -0.05) is 30.3 Å². The summed E-state index contributed by atoms with van der Waals surface area (Å²) >= 11 is 0. The fourth-order valence-electron chi connectivity index (χ4n) is 2.76. The Morgan fingerprint density at radius 3 is 2.35 bits per heavy atom. The van der Waals surface area contributed by atoms with Crippen molar-refractivity contribution in [3.8, 4) is 0 Å². The minimum atomic E-state index is -0.302. The first-order valence-electron chi connectivity index (χ1n) is 7.79.